The fraction of sp³-hybridized carbons (Fsp3) is 0.515. The third kappa shape index (κ3) is 5.83. The molecule has 7 rings (SSSR count). The first-order valence-electron chi connectivity index (χ1n) is 15.6. The van der Waals surface area contributed by atoms with E-state index in [1.807, 2.05) is 30.3 Å². The number of nitrogens with zero attached hydrogens (tertiary/aromatic N) is 3. The normalized spacial score (nSPS) is 20.2. The van der Waals surface area contributed by atoms with Crippen LogP contribution in [0.25, 0.3) is 26.4 Å². The molecule has 9 heteroatoms. The van der Waals surface area contributed by atoms with Crippen molar-refractivity contribution >= 4 is 38.1 Å². The van der Waals surface area contributed by atoms with Crippen molar-refractivity contribution < 1.29 is 13.6 Å². The number of nitrogens with one attached hydrogen (secondary N) is 2. The standard InChI is InChI=1S/C33H39F2N5OS/c34-24-12-16-39(17-13-24)15-2-1-5-29(41)23-9-11-28-30(19-23)42-33-38-31(32(40(28)33)37-20-21-6-7-21)25-10-8-22(18-26(25)35)27-4-3-14-36-27/h8-11,18-19,21,24,27,36-37H,1-7,12-17,20H2/t27-/m0/s1. The van der Waals surface area contributed by atoms with Crippen LogP contribution in [0, 0.1) is 11.7 Å². The Morgan fingerprint density at radius 2 is 1.93 bits per heavy atom. The average molecular weight is 592 g/mol. The van der Waals surface area contributed by atoms with E-state index in [0.29, 0.717) is 36.4 Å². The van der Waals surface area contributed by atoms with Gasteiger partial charge in [-0.25, -0.2) is 13.8 Å². The van der Waals surface area contributed by atoms with Gasteiger partial charge in [0.25, 0.3) is 0 Å². The number of alkyl halides is 1. The molecule has 2 N–H and O–H groups in total. The monoisotopic (exact) mass is 591 g/mol. The second-order valence-electron chi connectivity index (χ2n) is 12.3. The Balaban J connectivity index is 1.11. The van der Waals surface area contributed by atoms with Crippen molar-refractivity contribution in [3.8, 4) is 11.3 Å². The van der Waals surface area contributed by atoms with Gasteiger partial charge in [0.1, 0.15) is 23.5 Å². The van der Waals surface area contributed by atoms with Gasteiger partial charge in [-0.1, -0.05) is 17.4 Å². The number of thiazole rings is 1. The number of hydrogen-bond donors (Lipinski definition) is 2. The van der Waals surface area contributed by atoms with E-state index in [1.54, 1.807) is 6.07 Å². The molecule has 0 radical (unpaired) electrons. The minimum Gasteiger partial charge on any atom is -0.369 e. The lowest BCUT2D eigenvalue weighted by Crippen LogP contribution is -2.35. The fourth-order valence-electron chi connectivity index (χ4n) is 6.46. The summed E-state index contributed by atoms with van der Waals surface area (Å²) in [7, 11) is 0. The Morgan fingerprint density at radius 1 is 1.07 bits per heavy atom. The summed E-state index contributed by atoms with van der Waals surface area (Å²) in [5.41, 5.74) is 3.85. The Kier molecular flexibility index (Phi) is 7.99. The number of carbonyl (C=O) groups excluding carboxylic acids is 1. The Morgan fingerprint density at radius 3 is 2.69 bits per heavy atom. The number of piperidine rings is 1. The third-order valence-corrected chi connectivity index (χ3v) is 10.2. The molecule has 1 saturated carbocycles. The van der Waals surface area contributed by atoms with Gasteiger partial charge in [0.15, 0.2) is 10.7 Å². The fourth-order valence-corrected chi connectivity index (χ4v) is 7.52. The van der Waals surface area contributed by atoms with Crippen LogP contribution in [-0.2, 0) is 0 Å². The number of anilines is 1. The number of unbranched alkanes of at least 4 members (excludes halogenated alkanes) is 1. The Hall–Kier alpha value is -2.88. The number of halogens is 2. The zero-order valence-corrected chi connectivity index (χ0v) is 24.8. The van der Waals surface area contributed by atoms with E-state index in [0.717, 1.165) is 90.5 Å². The Bertz CT molecular complexity index is 1580. The van der Waals surface area contributed by atoms with E-state index in [1.165, 1.54) is 24.2 Å². The molecule has 0 unspecified atom stereocenters. The first-order valence-corrected chi connectivity index (χ1v) is 16.5. The number of Topliss-reactive ketones (excluding diaryl/α,β-unsaturated/α-hetero) is 1. The van der Waals surface area contributed by atoms with E-state index < -0.39 is 6.17 Å². The second kappa shape index (κ2) is 12.0. The van der Waals surface area contributed by atoms with Crippen LogP contribution in [0.5, 0.6) is 0 Å². The van der Waals surface area contributed by atoms with Crippen molar-refractivity contribution in [1.29, 1.82) is 0 Å². The van der Waals surface area contributed by atoms with Gasteiger partial charge in [-0.2, -0.15) is 0 Å². The summed E-state index contributed by atoms with van der Waals surface area (Å²) < 4.78 is 32.0. The van der Waals surface area contributed by atoms with Gasteiger partial charge in [-0.3, -0.25) is 9.20 Å². The van der Waals surface area contributed by atoms with E-state index in [9.17, 15) is 9.18 Å². The average Bonchev–Trinajstić information content (AvgIpc) is 3.37. The molecule has 3 aliphatic rings. The summed E-state index contributed by atoms with van der Waals surface area (Å²) >= 11 is 1.54. The van der Waals surface area contributed by atoms with Crippen molar-refractivity contribution in [1.82, 2.24) is 19.6 Å². The number of carbonyl (C=O) groups is 1. The minimum atomic E-state index is -0.652. The van der Waals surface area contributed by atoms with Crippen LogP contribution in [-0.4, -0.2) is 59.0 Å². The number of hydrogen-bond acceptors (Lipinski definition) is 6. The van der Waals surface area contributed by atoms with Crippen LogP contribution in [0.2, 0.25) is 0 Å². The first-order chi connectivity index (χ1) is 20.5. The number of imidazole rings is 1. The van der Waals surface area contributed by atoms with Crippen LogP contribution in [0.15, 0.2) is 36.4 Å². The molecule has 1 atom stereocenters. The number of aromatic nitrogens is 2. The summed E-state index contributed by atoms with van der Waals surface area (Å²) in [5.74, 6) is 1.38. The number of benzene rings is 2. The van der Waals surface area contributed by atoms with Crippen molar-refractivity contribution in [2.24, 2.45) is 5.92 Å². The maximum atomic E-state index is 15.6. The van der Waals surface area contributed by atoms with Crippen LogP contribution in [0.1, 0.15) is 79.8 Å². The zero-order valence-electron chi connectivity index (χ0n) is 24.0. The van der Waals surface area contributed by atoms with Crippen molar-refractivity contribution in [3.63, 3.8) is 0 Å². The van der Waals surface area contributed by atoms with E-state index in [-0.39, 0.29) is 17.6 Å². The molecule has 0 spiro atoms. The molecule has 222 valence electrons. The summed E-state index contributed by atoms with van der Waals surface area (Å²) in [5, 5.41) is 7.06. The van der Waals surface area contributed by atoms with Gasteiger partial charge in [0, 0.05) is 43.2 Å². The van der Waals surface area contributed by atoms with Crippen LogP contribution >= 0.6 is 11.3 Å². The molecule has 2 saturated heterocycles. The summed E-state index contributed by atoms with van der Waals surface area (Å²) in [6.07, 6.45) is 7.47. The molecule has 2 aliphatic heterocycles. The van der Waals surface area contributed by atoms with Crippen LogP contribution < -0.4 is 10.6 Å². The lowest BCUT2D eigenvalue weighted by molar-refractivity contribution is 0.0976. The second-order valence-corrected chi connectivity index (χ2v) is 13.3. The predicted octanol–water partition coefficient (Wildman–Crippen LogP) is 7.39. The lowest BCUT2D eigenvalue weighted by Gasteiger charge is -2.28. The summed E-state index contributed by atoms with van der Waals surface area (Å²) in [6, 6.07) is 11.7. The highest BCUT2D eigenvalue weighted by molar-refractivity contribution is 7.23. The van der Waals surface area contributed by atoms with E-state index >= 15 is 4.39 Å². The molecular formula is C33H39F2N5OS. The molecule has 2 aromatic heterocycles. The SMILES string of the molecule is O=C(CCCCN1CCC(F)CC1)c1ccc2c(c1)sc1nc(-c3ccc([C@@H]4CCCN4)cc3F)c(NCC3CC3)n12. The van der Waals surface area contributed by atoms with E-state index in [2.05, 4.69) is 19.9 Å². The number of ketones is 1. The highest BCUT2D eigenvalue weighted by Gasteiger charge is 2.26. The molecule has 3 fully saturated rings. The molecular weight excluding hydrogens is 552 g/mol. The molecule has 0 bridgehead atoms. The maximum absolute atomic E-state index is 15.6. The van der Waals surface area contributed by atoms with Gasteiger partial charge in [-0.15, -0.1) is 0 Å². The lowest BCUT2D eigenvalue weighted by atomic mass is 10.0. The minimum absolute atomic E-state index is 0.150. The van der Waals surface area contributed by atoms with Gasteiger partial charge in [0.2, 0.25) is 0 Å². The van der Waals surface area contributed by atoms with Crippen molar-refractivity contribution in [2.75, 3.05) is 38.0 Å². The Labute approximate surface area is 249 Å². The zero-order chi connectivity index (χ0) is 28.6. The summed E-state index contributed by atoms with van der Waals surface area (Å²) in [4.78, 5) is 21.1. The highest BCUT2D eigenvalue weighted by atomic mass is 32.1. The molecule has 42 heavy (non-hydrogen) atoms. The first kappa shape index (κ1) is 27.9. The quantitative estimate of drug-likeness (QED) is 0.141. The number of likely N-dealkylation sites (tertiary alicyclic amines) is 1. The molecule has 4 aromatic rings. The predicted molar refractivity (Wildman–Crippen MR) is 166 cm³/mol. The van der Waals surface area contributed by atoms with Crippen LogP contribution in [0.3, 0.4) is 0 Å². The largest absolute Gasteiger partial charge is 0.369 e. The summed E-state index contributed by atoms with van der Waals surface area (Å²) in [6.45, 7) is 4.39. The van der Waals surface area contributed by atoms with Crippen LogP contribution in [0.4, 0.5) is 14.6 Å². The molecule has 6 nitrogen and oxygen atoms in total. The van der Waals surface area contributed by atoms with Crippen molar-refractivity contribution in [3.05, 3.63) is 53.3 Å². The van der Waals surface area contributed by atoms with E-state index in [4.69, 9.17) is 4.98 Å². The van der Waals surface area contributed by atoms with Gasteiger partial charge >= 0.3 is 0 Å². The maximum Gasteiger partial charge on any atom is 0.197 e. The number of fused-ring (bicyclic) bond motifs is 3. The molecule has 4 heterocycles. The van der Waals surface area contributed by atoms with Crippen molar-refractivity contribution in [2.45, 2.75) is 70.0 Å². The highest BCUT2D eigenvalue weighted by Crippen LogP contribution is 2.39. The molecule has 0 amide bonds. The molecule has 1 aliphatic carbocycles. The smallest absolute Gasteiger partial charge is 0.197 e. The number of rotatable bonds is 11. The third-order valence-electron chi connectivity index (χ3n) is 9.18. The van der Waals surface area contributed by atoms with Gasteiger partial charge in [0.05, 0.1) is 10.2 Å². The topological polar surface area (TPSA) is 61.7 Å². The van der Waals surface area contributed by atoms with Gasteiger partial charge < -0.3 is 15.5 Å². The van der Waals surface area contributed by atoms with Gasteiger partial charge in [-0.05, 0) is 106 Å². The molecule has 2 aromatic carbocycles.